The first-order valence-corrected chi connectivity index (χ1v) is 6.89. The molecule has 0 aromatic rings. The summed E-state index contributed by atoms with van der Waals surface area (Å²) in [4.78, 5) is 0. The van der Waals surface area contributed by atoms with Gasteiger partial charge in [0.05, 0.1) is 0 Å². The Morgan fingerprint density at radius 3 is 1.65 bits per heavy atom. The van der Waals surface area contributed by atoms with Crippen molar-refractivity contribution in [2.24, 2.45) is 0 Å². The fraction of sp³-hybridized carbons (Fsp3) is 0. The van der Waals surface area contributed by atoms with Gasteiger partial charge in [-0.2, -0.15) is 0 Å². The molecule has 0 saturated carbocycles. The minimum atomic E-state index is 1.29. The van der Waals surface area contributed by atoms with Gasteiger partial charge in [-0.3, -0.25) is 0 Å². The second-order valence-electron chi connectivity index (χ2n) is 5.09. The van der Waals surface area contributed by atoms with Gasteiger partial charge in [-0.15, -0.1) is 0 Å². The summed E-state index contributed by atoms with van der Waals surface area (Å²) in [5.41, 5.74) is 7.77. The van der Waals surface area contributed by atoms with Crippen molar-refractivity contribution in [3.63, 3.8) is 0 Å². The van der Waals surface area contributed by atoms with Gasteiger partial charge in [0.2, 0.25) is 0 Å². The first-order chi connectivity index (χ1) is 9.92. The lowest BCUT2D eigenvalue weighted by atomic mass is 10.0. The van der Waals surface area contributed by atoms with E-state index in [2.05, 4.69) is 84.9 Å². The van der Waals surface area contributed by atoms with E-state index in [9.17, 15) is 0 Å². The molecule has 0 N–H and O–H groups in total. The lowest BCUT2D eigenvalue weighted by Gasteiger charge is -2.01. The van der Waals surface area contributed by atoms with E-state index in [1.807, 2.05) is 0 Å². The predicted octanol–water partition coefficient (Wildman–Crippen LogP) is 5.56. The van der Waals surface area contributed by atoms with Gasteiger partial charge in [-0.25, -0.2) is 0 Å². The summed E-state index contributed by atoms with van der Waals surface area (Å²) >= 11 is 0. The van der Waals surface area contributed by atoms with Crippen molar-refractivity contribution in [2.75, 3.05) is 0 Å². The molecular formula is C20H14. The quantitative estimate of drug-likeness (QED) is 0.417. The molecule has 0 saturated heterocycles. The third-order valence-electron chi connectivity index (χ3n) is 3.83. The standard InChI is InChI=1S/C20H14/c1-2-8-16-13-18(14-17(16)9-3-1)20-11-5-4-7-15-10-6-12-19(15)20/h1-14H. The average Bonchev–Trinajstić information content (AvgIpc) is 2.96. The molecule has 0 nitrogen and oxygen atoms in total. The normalized spacial score (nSPS) is 11.0. The van der Waals surface area contributed by atoms with E-state index < -0.39 is 0 Å². The molecule has 0 spiro atoms. The number of fused-ring (bicyclic) bond motifs is 2. The van der Waals surface area contributed by atoms with E-state index in [1.54, 1.807) is 0 Å². The van der Waals surface area contributed by atoms with Crippen molar-refractivity contribution >= 4 is 0 Å². The summed E-state index contributed by atoms with van der Waals surface area (Å²) in [5.74, 6) is 0. The lowest BCUT2D eigenvalue weighted by molar-refractivity contribution is 1.75. The highest BCUT2D eigenvalue weighted by atomic mass is 14.2. The number of hydrogen-bond donors (Lipinski definition) is 0. The molecule has 0 unspecified atom stereocenters. The lowest BCUT2D eigenvalue weighted by Crippen LogP contribution is -1.74. The van der Waals surface area contributed by atoms with Gasteiger partial charge in [-0.05, 0) is 45.5 Å². The topological polar surface area (TPSA) is 0 Å². The second kappa shape index (κ2) is 4.50. The van der Waals surface area contributed by atoms with Gasteiger partial charge in [0.25, 0.3) is 0 Å². The minimum absolute atomic E-state index is 1.29. The predicted molar refractivity (Wildman–Crippen MR) is 85.1 cm³/mol. The van der Waals surface area contributed by atoms with Crippen LogP contribution in [0.5, 0.6) is 0 Å². The molecule has 0 radical (unpaired) electrons. The number of hydrogen-bond acceptors (Lipinski definition) is 0. The second-order valence-corrected chi connectivity index (χ2v) is 5.09. The van der Waals surface area contributed by atoms with E-state index in [0.29, 0.717) is 0 Å². The van der Waals surface area contributed by atoms with Crippen molar-refractivity contribution in [3.8, 4) is 33.4 Å². The number of rotatable bonds is 1. The Morgan fingerprint density at radius 1 is 0.350 bits per heavy atom. The molecule has 0 bridgehead atoms. The van der Waals surface area contributed by atoms with Crippen LogP contribution in [0.4, 0.5) is 0 Å². The van der Waals surface area contributed by atoms with Gasteiger partial charge in [0.15, 0.2) is 0 Å². The minimum Gasteiger partial charge on any atom is -0.0622 e. The Labute approximate surface area is 119 Å². The molecule has 94 valence electrons. The van der Waals surface area contributed by atoms with Crippen molar-refractivity contribution in [3.05, 3.63) is 84.9 Å². The first kappa shape index (κ1) is 11.2. The molecule has 4 rings (SSSR count). The van der Waals surface area contributed by atoms with Crippen LogP contribution in [-0.2, 0) is 0 Å². The van der Waals surface area contributed by atoms with Crippen LogP contribution in [0.15, 0.2) is 84.9 Å². The van der Waals surface area contributed by atoms with Crippen molar-refractivity contribution in [2.45, 2.75) is 0 Å². The summed E-state index contributed by atoms with van der Waals surface area (Å²) in [7, 11) is 0. The van der Waals surface area contributed by atoms with Crippen molar-refractivity contribution in [1.82, 2.24) is 0 Å². The molecule has 0 aromatic heterocycles. The van der Waals surface area contributed by atoms with E-state index in [1.165, 1.54) is 33.4 Å². The van der Waals surface area contributed by atoms with Crippen LogP contribution in [0.3, 0.4) is 0 Å². The largest absolute Gasteiger partial charge is 0.0622 e. The smallest absolute Gasteiger partial charge is 0.0105 e. The zero-order valence-corrected chi connectivity index (χ0v) is 11.1. The van der Waals surface area contributed by atoms with Crippen LogP contribution in [0.25, 0.3) is 33.4 Å². The Morgan fingerprint density at radius 2 is 0.850 bits per heavy atom. The Hall–Kier alpha value is -2.60. The Balaban J connectivity index is 1.98. The zero-order valence-electron chi connectivity index (χ0n) is 11.1. The third-order valence-corrected chi connectivity index (χ3v) is 3.83. The molecule has 4 aliphatic carbocycles. The fourth-order valence-electron chi connectivity index (χ4n) is 2.85. The molecule has 0 fully saturated rings. The summed E-state index contributed by atoms with van der Waals surface area (Å²) in [6, 6.07) is 30.2. The molecule has 0 heterocycles. The van der Waals surface area contributed by atoms with E-state index in [0.717, 1.165) is 0 Å². The van der Waals surface area contributed by atoms with Gasteiger partial charge >= 0.3 is 0 Å². The van der Waals surface area contributed by atoms with Gasteiger partial charge < -0.3 is 0 Å². The van der Waals surface area contributed by atoms with E-state index in [-0.39, 0.29) is 0 Å². The molecule has 20 heavy (non-hydrogen) atoms. The molecule has 4 aliphatic rings. The van der Waals surface area contributed by atoms with Gasteiger partial charge in [0.1, 0.15) is 0 Å². The first-order valence-electron chi connectivity index (χ1n) is 6.89. The maximum atomic E-state index is 2.27. The average molecular weight is 254 g/mol. The summed E-state index contributed by atoms with van der Waals surface area (Å²) in [5, 5.41) is 0. The Kier molecular flexibility index (Phi) is 2.53. The van der Waals surface area contributed by atoms with E-state index >= 15 is 0 Å². The fourth-order valence-corrected chi connectivity index (χ4v) is 2.85. The third kappa shape index (κ3) is 1.78. The maximum Gasteiger partial charge on any atom is -0.0105 e. The SMILES string of the molecule is c1ccc2cc(-c3ccccc4cccc3-4)cc-2cc1. The van der Waals surface area contributed by atoms with E-state index in [4.69, 9.17) is 0 Å². The molecule has 0 atom stereocenters. The molecule has 0 heteroatoms. The maximum absolute atomic E-state index is 2.27. The van der Waals surface area contributed by atoms with Crippen LogP contribution in [-0.4, -0.2) is 0 Å². The van der Waals surface area contributed by atoms with Crippen molar-refractivity contribution < 1.29 is 0 Å². The van der Waals surface area contributed by atoms with Crippen LogP contribution in [0, 0.1) is 0 Å². The van der Waals surface area contributed by atoms with Crippen LogP contribution >= 0.6 is 0 Å². The molecule has 0 aliphatic heterocycles. The molecular weight excluding hydrogens is 240 g/mol. The zero-order chi connectivity index (χ0) is 13.4. The highest BCUT2D eigenvalue weighted by Gasteiger charge is 2.11. The Bertz CT molecular complexity index is 782. The van der Waals surface area contributed by atoms with Crippen LogP contribution < -0.4 is 0 Å². The highest BCUT2D eigenvalue weighted by Crippen LogP contribution is 2.37. The highest BCUT2D eigenvalue weighted by molar-refractivity contribution is 5.89. The van der Waals surface area contributed by atoms with Gasteiger partial charge in [-0.1, -0.05) is 72.8 Å². The van der Waals surface area contributed by atoms with Crippen LogP contribution in [0.1, 0.15) is 0 Å². The monoisotopic (exact) mass is 254 g/mol. The summed E-state index contributed by atoms with van der Waals surface area (Å²) < 4.78 is 0. The van der Waals surface area contributed by atoms with Gasteiger partial charge in [0, 0.05) is 0 Å². The molecule has 0 aromatic carbocycles. The molecule has 0 amide bonds. The van der Waals surface area contributed by atoms with Crippen molar-refractivity contribution in [1.29, 1.82) is 0 Å². The summed E-state index contributed by atoms with van der Waals surface area (Å²) in [6.07, 6.45) is 0. The van der Waals surface area contributed by atoms with Crippen LogP contribution in [0.2, 0.25) is 0 Å². The summed E-state index contributed by atoms with van der Waals surface area (Å²) in [6.45, 7) is 0.